The molecule has 8 heteroatoms. The molecule has 0 atom stereocenters. The van der Waals surface area contributed by atoms with Crippen LogP contribution in [0.4, 0.5) is 0 Å². The molecule has 0 saturated carbocycles. The van der Waals surface area contributed by atoms with Gasteiger partial charge >= 0.3 is 23.9 Å². The molecule has 0 aliphatic rings. The van der Waals surface area contributed by atoms with Gasteiger partial charge in [-0.1, -0.05) is 65.2 Å². The van der Waals surface area contributed by atoms with E-state index in [0.717, 1.165) is 64.2 Å². The van der Waals surface area contributed by atoms with E-state index in [4.69, 9.17) is 18.9 Å². The van der Waals surface area contributed by atoms with E-state index in [1.807, 2.05) is 0 Å². The zero-order valence-corrected chi connectivity index (χ0v) is 20.0. The van der Waals surface area contributed by atoms with Crippen LogP contribution in [-0.4, -0.2) is 37.5 Å². The molecule has 0 heterocycles. The molecule has 0 spiro atoms. The maximum Gasteiger partial charge on any atom is 0.308 e. The smallest absolute Gasteiger partial charge is 0.308 e. The van der Waals surface area contributed by atoms with Crippen LogP contribution < -0.4 is 0 Å². The minimum Gasteiger partial charge on any atom is -0.428 e. The fourth-order valence-corrected chi connectivity index (χ4v) is 2.89. The third-order valence-corrected chi connectivity index (χ3v) is 4.86. The normalized spacial score (nSPS) is 10.4. The minimum atomic E-state index is -0.484. The van der Waals surface area contributed by atoms with Gasteiger partial charge in [-0.3, -0.25) is 19.2 Å². The van der Waals surface area contributed by atoms with Crippen LogP contribution in [0.15, 0.2) is 0 Å². The molecule has 0 radical (unpaired) electrons. The van der Waals surface area contributed by atoms with E-state index in [1.165, 1.54) is 0 Å². The van der Waals surface area contributed by atoms with Crippen LogP contribution >= 0.6 is 0 Å². The van der Waals surface area contributed by atoms with E-state index in [0.29, 0.717) is 25.7 Å². The lowest BCUT2D eigenvalue weighted by Gasteiger charge is -2.07. The highest BCUT2D eigenvalue weighted by atomic mass is 16.7. The van der Waals surface area contributed by atoms with Gasteiger partial charge in [0.1, 0.15) is 0 Å². The van der Waals surface area contributed by atoms with Crippen molar-refractivity contribution in [3.63, 3.8) is 0 Å². The fraction of sp³-hybridized carbons (Fsp3) is 0.833. The Kier molecular flexibility index (Phi) is 20.6. The van der Waals surface area contributed by atoms with E-state index in [-0.39, 0.29) is 38.4 Å². The maximum atomic E-state index is 11.6. The Morgan fingerprint density at radius 2 is 0.656 bits per heavy atom. The average molecular weight is 459 g/mol. The first kappa shape index (κ1) is 29.9. The first-order chi connectivity index (χ1) is 15.5. The molecule has 0 fully saturated rings. The third kappa shape index (κ3) is 21.1. The Labute approximate surface area is 192 Å². The van der Waals surface area contributed by atoms with Crippen molar-refractivity contribution in [3.05, 3.63) is 0 Å². The molecule has 8 nitrogen and oxygen atoms in total. The van der Waals surface area contributed by atoms with Gasteiger partial charge in [-0.25, -0.2) is 0 Å². The summed E-state index contributed by atoms with van der Waals surface area (Å²) >= 11 is 0. The highest BCUT2D eigenvalue weighted by Gasteiger charge is 2.09. The van der Waals surface area contributed by atoms with Gasteiger partial charge < -0.3 is 18.9 Å². The van der Waals surface area contributed by atoms with Crippen molar-refractivity contribution in [1.82, 2.24) is 0 Å². The van der Waals surface area contributed by atoms with Gasteiger partial charge in [0.05, 0.1) is 0 Å². The first-order valence-electron chi connectivity index (χ1n) is 12.1. The van der Waals surface area contributed by atoms with Crippen LogP contribution in [0.5, 0.6) is 0 Å². The minimum absolute atomic E-state index is 0.120. The molecule has 0 N–H and O–H groups in total. The zero-order valence-electron chi connectivity index (χ0n) is 20.0. The molecule has 186 valence electrons. The molecule has 0 aromatic heterocycles. The quantitative estimate of drug-likeness (QED) is 0.129. The Morgan fingerprint density at radius 3 is 0.938 bits per heavy atom. The van der Waals surface area contributed by atoms with Crippen molar-refractivity contribution in [2.45, 2.75) is 117 Å². The predicted octanol–water partition coefficient (Wildman–Crippen LogP) is 5.36. The Morgan fingerprint density at radius 1 is 0.406 bits per heavy atom. The summed E-state index contributed by atoms with van der Waals surface area (Å²) in [5.41, 5.74) is 0. The first-order valence-corrected chi connectivity index (χ1v) is 12.1. The lowest BCUT2D eigenvalue weighted by atomic mass is 10.1. The largest absolute Gasteiger partial charge is 0.428 e. The Bertz CT molecular complexity index is 472. The molecule has 0 bridgehead atoms. The van der Waals surface area contributed by atoms with Crippen LogP contribution in [0.2, 0.25) is 0 Å². The molecule has 32 heavy (non-hydrogen) atoms. The maximum absolute atomic E-state index is 11.6. The van der Waals surface area contributed by atoms with E-state index in [9.17, 15) is 19.2 Å². The molecule has 0 amide bonds. The molecule has 0 aliphatic heterocycles. The SMILES string of the molecule is CCCCCCCC(=O)OCOC(=O)CCCCC(=O)OCOC(=O)CCCCCCC. The number of rotatable bonds is 21. The zero-order chi connectivity index (χ0) is 23.9. The van der Waals surface area contributed by atoms with E-state index in [1.54, 1.807) is 0 Å². The topological polar surface area (TPSA) is 105 Å². The second-order valence-electron chi connectivity index (χ2n) is 7.84. The summed E-state index contributed by atoms with van der Waals surface area (Å²) in [5, 5.41) is 0. The van der Waals surface area contributed by atoms with Gasteiger partial charge in [0.2, 0.25) is 13.6 Å². The van der Waals surface area contributed by atoms with Gasteiger partial charge in [-0.05, 0) is 25.7 Å². The van der Waals surface area contributed by atoms with Crippen LogP contribution in [0.3, 0.4) is 0 Å². The number of ether oxygens (including phenoxy) is 4. The summed E-state index contributed by atoms with van der Waals surface area (Å²) in [7, 11) is 0. The number of carbonyl (C=O) groups excluding carboxylic acids is 4. The number of carbonyl (C=O) groups is 4. The van der Waals surface area contributed by atoms with Gasteiger partial charge in [-0.15, -0.1) is 0 Å². The van der Waals surface area contributed by atoms with Gasteiger partial charge in [0.15, 0.2) is 0 Å². The molecule has 0 saturated heterocycles. The van der Waals surface area contributed by atoms with Crippen molar-refractivity contribution >= 4 is 23.9 Å². The van der Waals surface area contributed by atoms with Crippen molar-refractivity contribution in [2.75, 3.05) is 13.6 Å². The molecule has 0 rings (SSSR count). The van der Waals surface area contributed by atoms with E-state index in [2.05, 4.69) is 13.8 Å². The molecule has 0 aliphatic carbocycles. The number of unbranched alkanes of at least 4 members (excludes halogenated alkanes) is 9. The molecule has 0 aromatic rings. The molecular weight excluding hydrogens is 416 g/mol. The summed E-state index contributed by atoms with van der Waals surface area (Å²) < 4.78 is 19.5. The lowest BCUT2D eigenvalue weighted by molar-refractivity contribution is -0.169. The number of esters is 4. The summed E-state index contributed by atoms with van der Waals surface area (Å²) in [6.45, 7) is 3.51. The Balaban J connectivity index is 3.53. The molecule has 0 aromatic carbocycles. The second-order valence-corrected chi connectivity index (χ2v) is 7.84. The molecular formula is C24H42O8. The molecule has 0 unspecified atom stereocenters. The lowest BCUT2D eigenvalue weighted by Crippen LogP contribution is -2.13. The van der Waals surface area contributed by atoms with Crippen LogP contribution in [-0.2, 0) is 38.1 Å². The van der Waals surface area contributed by atoms with Crippen molar-refractivity contribution in [1.29, 1.82) is 0 Å². The van der Waals surface area contributed by atoms with Crippen molar-refractivity contribution in [3.8, 4) is 0 Å². The average Bonchev–Trinajstić information content (AvgIpc) is 2.76. The van der Waals surface area contributed by atoms with Crippen molar-refractivity contribution in [2.24, 2.45) is 0 Å². The van der Waals surface area contributed by atoms with Crippen LogP contribution in [0.1, 0.15) is 117 Å². The standard InChI is InChI=1S/C24H42O8/c1-3-5-7-9-11-15-21(25)29-19-31-23(27)17-13-14-18-24(28)32-20-30-22(26)16-12-10-8-6-4-2/h3-20H2,1-2H3. The van der Waals surface area contributed by atoms with E-state index < -0.39 is 11.9 Å². The van der Waals surface area contributed by atoms with Crippen LogP contribution in [0, 0.1) is 0 Å². The predicted molar refractivity (Wildman–Crippen MR) is 119 cm³/mol. The number of hydrogen-bond acceptors (Lipinski definition) is 8. The van der Waals surface area contributed by atoms with Crippen molar-refractivity contribution < 1.29 is 38.1 Å². The van der Waals surface area contributed by atoms with Gasteiger partial charge in [-0.2, -0.15) is 0 Å². The summed E-state index contributed by atoms with van der Waals surface area (Å²) in [6, 6.07) is 0. The Hall–Kier alpha value is -2.12. The second kappa shape index (κ2) is 22.1. The van der Waals surface area contributed by atoms with E-state index >= 15 is 0 Å². The fourth-order valence-electron chi connectivity index (χ4n) is 2.89. The summed E-state index contributed by atoms with van der Waals surface area (Å²) in [6.07, 6.45) is 12.2. The van der Waals surface area contributed by atoms with Crippen LogP contribution in [0.25, 0.3) is 0 Å². The third-order valence-electron chi connectivity index (χ3n) is 4.86. The van der Waals surface area contributed by atoms with Gasteiger partial charge in [0.25, 0.3) is 0 Å². The monoisotopic (exact) mass is 458 g/mol. The number of hydrogen-bond donors (Lipinski definition) is 0. The van der Waals surface area contributed by atoms with Gasteiger partial charge in [0, 0.05) is 25.7 Å². The summed E-state index contributed by atoms with van der Waals surface area (Å²) in [4.78, 5) is 46.2. The highest BCUT2D eigenvalue weighted by Crippen LogP contribution is 2.07. The summed E-state index contributed by atoms with van der Waals surface area (Å²) in [5.74, 6) is -1.70. The highest BCUT2D eigenvalue weighted by molar-refractivity contribution is 5.72.